The Morgan fingerprint density at radius 1 is 1.43 bits per heavy atom. The zero-order chi connectivity index (χ0) is 15.2. The molecule has 2 amide bonds. The Morgan fingerprint density at radius 3 is 2.90 bits per heavy atom. The lowest BCUT2D eigenvalue weighted by molar-refractivity contribution is 0.0698. The van der Waals surface area contributed by atoms with Crippen molar-refractivity contribution in [2.75, 3.05) is 26.2 Å². The van der Waals surface area contributed by atoms with Gasteiger partial charge in [-0.15, -0.1) is 11.3 Å². The van der Waals surface area contributed by atoms with Crippen molar-refractivity contribution in [3.8, 4) is 0 Å². The monoisotopic (exact) mass is 331 g/mol. The Hall–Kier alpha value is -1.65. The second-order valence-corrected chi connectivity index (χ2v) is 7.64. The lowest BCUT2D eigenvalue weighted by atomic mass is 10.2. The second-order valence-electron chi connectivity index (χ2n) is 4.82. The maximum Gasteiger partial charge on any atom is 0.347 e. The van der Waals surface area contributed by atoms with E-state index in [0.29, 0.717) is 13.1 Å². The van der Waals surface area contributed by atoms with Gasteiger partial charge in [-0.3, -0.25) is 0 Å². The molecular weight excluding hydrogens is 318 g/mol. The Morgan fingerprint density at radius 2 is 2.19 bits per heavy atom. The molecule has 2 aliphatic heterocycles. The van der Waals surface area contributed by atoms with Gasteiger partial charge in [-0.05, 0) is 11.4 Å². The molecule has 0 aromatic carbocycles. The fourth-order valence-electron chi connectivity index (χ4n) is 2.59. The lowest BCUT2D eigenvalue weighted by Crippen LogP contribution is -2.53. The maximum atomic E-state index is 12.6. The second kappa shape index (κ2) is 4.97. The Bertz CT molecular complexity index is 698. The van der Waals surface area contributed by atoms with Crippen LogP contribution in [0.4, 0.5) is 4.79 Å². The molecule has 1 atom stereocenters. The predicted molar refractivity (Wildman–Crippen MR) is 73.9 cm³/mol. The van der Waals surface area contributed by atoms with Crippen LogP contribution in [-0.4, -0.2) is 67.0 Å². The number of nitrogens with one attached hydrogen (secondary N) is 1. The fraction of sp³-hybridized carbons (Fsp3) is 0.455. The average Bonchev–Trinajstić information content (AvgIpc) is 3.06. The van der Waals surface area contributed by atoms with Gasteiger partial charge in [0.1, 0.15) is 9.77 Å². The van der Waals surface area contributed by atoms with Crippen LogP contribution in [0.2, 0.25) is 0 Å². The van der Waals surface area contributed by atoms with Crippen LogP contribution in [0.3, 0.4) is 0 Å². The van der Waals surface area contributed by atoms with E-state index in [9.17, 15) is 18.0 Å². The summed E-state index contributed by atoms with van der Waals surface area (Å²) in [5, 5.41) is 13.2. The summed E-state index contributed by atoms with van der Waals surface area (Å²) in [5.41, 5.74) is 0. The first-order chi connectivity index (χ1) is 9.91. The molecule has 1 aromatic heterocycles. The van der Waals surface area contributed by atoms with Crippen molar-refractivity contribution >= 4 is 33.4 Å². The molecule has 3 heterocycles. The number of carboxylic acids is 1. The van der Waals surface area contributed by atoms with Gasteiger partial charge in [0.25, 0.3) is 0 Å². The van der Waals surface area contributed by atoms with Gasteiger partial charge >= 0.3 is 12.0 Å². The summed E-state index contributed by atoms with van der Waals surface area (Å²) in [5.74, 6) is -1.25. The van der Waals surface area contributed by atoms with E-state index in [2.05, 4.69) is 5.32 Å². The molecule has 0 radical (unpaired) electrons. The standard InChI is InChI=1S/C11H13N3O5S2/c15-10(16)9-8(1-4-20-9)21(18,19)13-2-3-14-7(6-13)5-12-11(14)17/h1,4,7H,2-3,5-6H2,(H,12,17)(H,15,16). The van der Waals surface area contributed by atoms with Crippen LogP contribution in [0.1, 0.15) is 9.67 Å². The highest BCUT2D eigenvalue weighted by Gasteiger charge is 2.40. The molecule has 10 heteroatoms. The number of rotatable bonds is 3. The first-order valence-electron chi connectivity index (χ1n) is 6.26. The van der Waals surface area contributed by atoms with E-state index in [1.54, 1.807) is 4.90 Å². The minimum absolute atomic E-state index is 0.168. The quantitative estimate of drug-likeness (QED) is 0.801. The number of fused-ring (bicyclic) bond motifs is 1. The van der Waals surface area contributed by atoms with Crippen molar-refractivity contribution in [2.24, 2.45) is 0 Å². The van der Waals surface area contributed by atoms with Gasteiger partial charge in [0.15, 0.2) is 0 Å². The summed E-state index contributed by atoms with van der Waals surface area (Å²) in [6.45, 7) is 1.06. The molecule has 0 aliphatic carbocycles. The normalized spacial score (nSPS) is 23.0. The molecule has 1 aromatic rings. The Kier molecular flexibility index (Phi) is 3.38. The number of carbonyl (C=O) groups excluding carboxylic acids is 1. The topological polar surface area (TPSA) is 107 Å². The van der Waals surface area contributed by atoms with Crippen LogP contribution < -0.4 is 5.32 Å². The van der Waals surface area contributed by atoms with Crippen LogP contribution >= 0.6 is 11.3 Å². The molecule has 0 saturated carbocycles. The van der Waals surface area contributed by atoms with Gasteiger partial charge < -0.3 is 15.3 Å². The zero-order valence-corrected chi connectivity index (χ0v) is 12.5. The van der Waals surface area contributed by atoms with Gasteiger partial charge in [0.2, 0.25) is 10.0 Å². The largest absolute Gasteiger partial charge is 0.477 e. The molecule has 2 saturated heterocycles. The molecular formula is C11H13N3O5S2. The third-order valence-electron chi connectivity index (χ3n) is 3.64. The van der Waals surface area contributed by atoms with Gasteiger partial charge in [0, 0.05) is 26.2 Å². The summed E-state index contributed by atoms with van der Waals surface area (Å²) in [6, 6.07) is 0.931. The minimum Gasteiger partial charge on any atom is -0.477 e. The molecule has 2 fully saturated rings. The number of hydrogen-bond acceptors (Lipinski definition) is 5. The fourth-order valence-corrected chi connectivity index (χ4v) is 5.29. The SMILES string of the molecule is O=C(O)c1sccc1S(=O)(=O)N1CCN2C(=O)NCC2C1. The van der Waals surface area contributed by atoms with Crippen LogP contribution in [0.15, 0.2) is 16.3 Å². The minimum atomic E-state index is -3.85. The Labute approximate surface area is 125 Å². The van der Waals surface area contributed by atoms with E-state index < -0.39 is 16.0 Å². The number of carboxylic acid groups (broad SMARTS) is 1. The number of sulfonamides is 1. The number of urea groups is 1. The number of amides is 2. The number of aromatic carboxylic acids is 1. The van der Waals surface area contributed by atoms with Crippen molar-refractivity contribution in [3.63, 3.8) is 0 Å². The first-order valence-corrected chi connectivity index (χ1v) is 8.58. The third-order valence-corrected chi connectivity index (χ3v) is 6.58. The average molecular weight is 331 g/mol. The molecule has 8 nitrogen and oxygen atoms in total. The molecule has 1 unspecified atom stereocenters. The van der Waals surface area contributed by atoms with Crippen LogP contribution in [0, 0.1) is 0 Å². The van der Waals surface area contributed by atoms with Crippen LogP contribution in [-0.2, 0) is 10.0 Å². The van der Waals surface area contributed by atoms with Crippen LogP contribution in [0.5, 0.6) is 0 Å². The molecule has 0 spiro atoms. The molecule has 0 bridgehead atoms. The van der Waals surface area contributed by atoms with Crippen LogP contribution in [0.25, 0.3) is 0 Å². The maximum absolute atomic E-state index is 12.6. The van der Waals surface area contributed by atoms with Crippen molar-refractivity contribution in [1.29, 1.82) is 0 Å². The summed E-state index contributed by atoms with van der Waals surface area (Å²) in [7, 11) is -3.85. The number of carbonyl (C=O) groups is 2. The predicted octanol–water partition coefficient (Wildman–Crippen LogP) is -0.156. The summed E-state index contributed by atoms with van der Waals surface area (Å²) >= 11 is 0.886. The summed E-state index contributed by atoms with van der Waals surface area (Å²) in [4.78, 5) is 23.9. The van der Waals surface area contributed by atoms with E-state index in [-0.39, 0.29) is 34.9 Å². The van der Waals surface area contributed by atoms with E-state index in [1.165, 1.54) is 15.8 Å². The smallest absolute Gasteiger partial charge is 0.347 e. The van der Waals surface area contributed by atoms with Crippen molar-refractivity contribution in [3.05, 3.63) is 16.3 Å². The highest BCUT2D eigenvalue weighted by Crippen LogP contribution is 2.27. The van der Waals surface area contributed by atoms with Crippen molar-refractivity contribution in [2.45, 2.75) is 10.9 Å². The molecule has 21 heavy (non-hydrogen) atoms. The van der Waals surface area contributed by atoms with Gasteiger partial charge in [0.05, 0.1) is 6.04 Å². The number of hydrogen-bond donors (Lipinski definition) is 2. The zero-order valence-electron chi connectivity index (χ0n) is 10.9. The molecule has 114 valence electrons. The lowest BCUT2D eigenvalue weighted by Gasteiger charge is -2.35. The van der Waals surface area contributed by atoms with E-state index in [0.717, 1.165) is 11.3 Å². The van der Waals surface area contributed by atoms with E-state index in [4.69, 9.17) is 5.11 Å². The highest BCUT2D eigenvalue weighted by molar-refractivity contribution is 7.89. The van der Waals surface area contributed by atoms with Crippen molar-refractivity contribution in [1.82, 2.24) is 14.5 Å². The number of nitrogens with zero attached hydrogens (tertiary/aromatic N) is 2. The number of piperazine rings is 1. The number of thiophene rings is 1. The highest BCUT2D eigenvalue weighted by atomic mass is 32.2. The van der Waals surface area contributed by atoms with Gasteiger partial charge in [-0.2, -0.15) is 4.31 Å². The summed E-state index contributed by atoms with van der Waals surface area (Å²) < 4.78 is 26.4. The third kappa shape index (κ3) is 2.28. The van der Waals surface area contributed by atoms with Crippen molar-refractivity contribution < 1.29 is 23.1 Å². The van der Waals surface area contributed by atoms with E-state index >= 15 is 0 Å². The van der Waals surface area contributed by atoms with E-state index in [1.807, 2.05) is 0 Å². The summed E-state index contributed by atoms with van der Waals surface area (Å²) in [6.07, 6.45) is 0. The van der Waals surface area contributed by atoms with Gasteiger partial charge in [-0.1, -0.05) is 0 Å². The van der Waals surface area contributed by atoms with Gasteiger partial charge in [-0.25, -0.2) is 18.0 Å². The molecule has 2 aliphatic rings. The molecule has 3 rings (SSSR count). The Balaban J connectivity index is 1.88. The first kappa shape index (κ1) is 14.3. The molecule has 2 N–H and O–H groups in total.